The third-order valence-corrected chi connectivity index (χ3v) is 4.87. The second-order valence-corrected chi connectivity index (χ2v) is 7.77. The van der Waals surface area contributed by atoms with E-state index in [2.05, 4.69) is 10.2 Å². The number of hydrogen-bond acceptors (Lipinski definition) is 6. The van der Waals surface area contributed by atoms with Gasteiger partial charge in [0.25, 0.3) is 0 Å². The maximum atomic E-state index is 12.1. The number of nitrogens with zero attached hydrogens (tertiary/aromatic N) is 3. The molecular formula is C15H18N4O4S. The highest BCUT2D eigenvalue weighted by Crippen LogP contribution is 2.29. The van der Waals surface area contributed by atoms with Crippen molar-refractivity contribution in [3.05, 3.63) is 29.3 Å². The highest BCUT2D eigenvalue weighted by Gasteiger charge is 2.35. The van der Waals surface area contributed by atoms with E-state index in [4.69, 9.17) is 9.56 Å². The van der Waals surface area contributed by atoms with E-state index in [1.807, 2.05) is 32.0 Å². The van der Waals surface area contributed by atoms with E-state index in [0.717, 1.165) is 16.7 Å². The molecule has 128 valence electrons. The molecule has 8 nitrogen and oxygen atoms in total. The number of carbonyl (C=O) groups excluding carboxylic acids is 1. The van der Waals surface area contributed by atoms with E-state index in [1.165, 1.54) is 4.90 Å². The molecule has 9 heteroatoms. The number of carbonyl (C=O) groups is 1. The fourth-order valence-electron chi connectivity index (χ4n) is 2.89. The van der Waals surface area contributed by atoms with Crippen molar-refractivity contribution in [2.45, 2.75) is 20.3 Å². The van der Waals surface area contributed by atoms with Gasteiger partial charge in [-0.2, -0.15) is 0 Å². The molecule has 0 bridgehead atoms. The average molecular weight is 350 g/mol. The lowest BCUT2D eigenvalue weighted by Crippen LogP contribution is -2.27. The fourth-order valence-corrected chi connectivity index (χ4v) is 3.77. The van der Waals surface area contributed by atoms with Gasteiger partial charge in [-0.05, 0) is 25.5 Å². The molecule has 1 unspecified atom stereocenters. The molecule has 2 N–H and O–H groups in total. The van der Waals surface area contributed by atoms with E-state index in [1.54, 1.807) is 0 Å². The Hall–Kier alpha value is -2.26. The minimum absolute atomic E-state index is 0.0758. The fraction of sp³-hybridized carbons (Fsp3) is 0.400. The van der Waals surface area contributed by atoms with Gasteiger partial charge in [-0.15, -0.1) is 5.10 Å². The van der Waals surface area contributed by atoms with Gasteiger partial charge in [0.15, 0.2) is 0 Å². The van der Waals surface area contributed by atoms with E-state index < -0.39 is 10.0 Å². The van der Waals surface area contributed by atoms with Gasteiger partial charge in [0.1, 0.15) is 0 Å². The van der Waals surface area contributed by atoms with Gasteiger partial charge in [0, 0.05) is 24.4 Å². The first-order valence-corrected chi connectivity index (χ1v) is 9.16. The van der Waals surface area contributed by atoms with Gasteiger partial charge >= 0.3 is 6.01 Å². The molecule has 1 aromatic carbocycles. The van der Waals surface area contributed by atoms with Gasteiger partial charge in [-0.3, -0.25) is 9.69 Å². The van der Waals surface area contributed by atoms with E-state index in [0.29, 0.717) is 5.89 Å². The summed E-state index contributed by atoms with van der Waals surface area (Å²) >= 11 is 0. The van der Waals surface area contributed by atoms with E-state index >= 15 is 0 Å². The molecule has 1 aliphatic heterocycles. The first-order valence-electron chi connectivity index (χ1n) is 7.45. The number of rotatable bonds is 4. The third-order valence-electron chi connectivity index (χ3n) is 3.93. The van der Waals surface area contributed by atoms with Crippen LogP contribution in [0.5, 0.6) is 0 Å². The standard InChI is InChI=1S/C15H18N4O4S/c1-9-3-4-12(10(2)5-9)14-17-18-15(23-14)19-7-11(6-13(19)20)8-24(16,21)22/h3-5,11H,6-8H2,1-2H3,(H2,16,21,22). The van der Waals surface area contributed by atoms with Crippen molar-refractivity contribution >= 4 is 21.9 Å². The minimum atomic E-state index is -3.63. The molecule has 0 spiro atoms. The molecule has 1 amide bonds. The molecular weight excluding hydrogens is 332 g/mol. The zero-order valence-electron chi connectivity index (χ0n) is 13.4. The van der Waals surface area contributed by atoms with Crippen LogP contribution in [-0.4, -0.2) is 36.8 Å². The topological polar surface area (TPSA) is 119 Å². The summed E-state index contributed by atoms with van der Waals surface area (Å²) in [6, 6.07) is 5.90. The van der Waals surface area contributed by atoms with Crippen molar-refractivity contribution in [1.82, 2.24) is 10.2 Å². The Labute approximate surface area is 139 Å². The second kappa shape index (κ2) is 5.99. The van der Waals surface area contributed by atoms with Gasteiger partial charge < -0.3 is 4.42 Å². The van der Waals surface area contributed by atoms with Crippen LogP contribution in [0.25, 0.3) is 11.5 Å². The van der Waals surface area contributed by atoms with Crippen LogP contribution in [0.1, 0.15) is 17.5 Å². The molecule has 3 rings (SSSR count). The largest absolute Gasteiger partial charge is 0.403 e. The number of benzene rings is 1. The van der Waals surface area contributed by atoms with Crippen LogP contribution in [0, 0.1) is 19.8 Å². The number of hydrogen-bond donors (Lipinski definition) is 1. The summed E-state index contributed by atoms with van der Waals surface area (Å²) in [5.41, 5.74) is 2.91. The number of primary sulfonamides is 1. The number of nitrogens with two attached hydrogens (primary N) is 1. The average Bonchev–Trinajstić information content (AvgIpc) is 3.03. The highest BCUT2D eigenvalue weighted by molar-refractivity contribution is 7.89. The molecule has 1 aliphatic rings. The van der Waals surface area contributed by atoms with Crippen molar-refractivity contribution in [2.75, 3.05) is 17.2 Å². The quantitative estimate of drug-likeness (QED) is 0.878. The Morgan fingerprint density at radius 2 is 2.08 bits per heavy atom. The predicted molar refractivity (Wildman–Crippen MR) is 87.6 cm³/mol. The summed E-state index contributed by atoms with van der Waals surface area (Å²) < 4.78 is 28.0. The Balaban J connectivity index is 1.82. The summed E-state index contributed by atoms with van der Waals surface area (Å²) in [5, 5.41) is 13.0. The smallest absolute Gasteiger partial charge is 0.325 e. The van der Waals surface area contributed by atoms with Crippen molar-refractivity contribution in [1.29, 1.82) is 0 Å². The first kappa shape index (κ1) is 16.6. The molecule has 0 saturated carbocycles. The summed E-state index contributed by atoms with van der Waals surface area (Å²) in [7, 11) is -3.63. The number of anilines is 1. The lowest BCUT2D eigenvalue weighted by Gasteiger charge is -2.10. The Kier molecular flexibility index (Phi) is 4.14. The molecule has 1 aromatic heterocycles. The van der Waals surface area contributed by atoms with Gasteiger partial charge in [0.2, 0.25) is 21.8 Å². The maximum Gasteiger partial charge on any atom is 0.325 e. The summed E-state index contributed by atoms with van der Waals surface area (Å²) in [6.07, 6.45) is 0.0949. The van der Waals surface area contributed by atoms with Crippen molar-refractivity contribution in [3.8, 4) is 11.5 Å². The number of aromatic nitrogens is 2. The number of sulfonamides is 1. The summed E-state index contributed by atoms with van der Waals surface area (Å²) in [4.78, 5) is 13.4. The molecule has 1 atom stereocenters. The number of amides is 1. The molecule has 1 saturated heterocycles. The first-order chi connectivity index (χ1) is 11.2. The zero-order valence-corrected chi connectivity index (χ0v) is 14.2. The van der Waals surface area contributed by atoms with Crippen LogP contribution in [0.2, 0.25) is 0 Å². The van der Waals surface area contributed by atoms with Crippen LogP contribution in [0.15, 0.2) is 22.6 Å². The van der Waals surface area contributed by atoms with E-state index in [9.17, 15) is 13.2 Å². The Morgan fingerprint density at radius 3 is 2.75 bits per heavy atom. The molecule has 1 fully saturated rings. The van der Waals surface area contributed by atoms with Crippen molar-refractivity contribution in [2.24, 2.45) is 11.1 Å². The summed E-state index contributed by atoms with van der Waals surface area (Å²) in [5.74, 6) is -0.540. The normalized spacial score (nSPS) is 18.4. The molecule has 2 heterocycles. The van der Waals surface area contributed by atoms with Gasteiger partial charge in [-0.1, -0.05) is 22.8 Å². The van der Waals surface area contributed by atoms with Crippen LogP contribution in [-0.2, 0) is 14.8 Å². The Morgan fingerprint density at radius 1 is 1.33 bits per heavy atom. The van der Waals surface area contributed by atoms with Gasteiger partial charge in [0.05, 0.1) is 5.75 Å². The van der Waals surface area contributed by atoms with Crippen molar-refractivity contribution < 1.29 is 17.6 Å². The number of aryl methyl sites for hydroxylation is 2. The second-order valence-electron chi connectivity index (χ2n) is 6.11. The van der Waals surface area contributed by atoms with Crippen LogP contribution in [0.4, 0.5) is 6.01 Å². The SMILES string of the molecule is Cc1ccc(-c2nnc(N3CC(CS(N)(=O)=O)CC3=O)o2)c(C)c1. The zero-order chi connectivity index (χ0) is 17.5. The van der Waals surface area contributed by atoms with Crippen molar-refractivity contribution in [3.63, 3.8) is 0 Å². The Bertz CT molecular complexity index is 891. The molecule has 2 aromatic rings. The van der Waals surface area contributed by atoms with Crippen LogP contribution < -0.4 is 10.0 Å². The highest BCUT2D eigenvalue weighted by atomic mass is 32.2. The minimum Gasteiger partial charge on any atom is -0.403 e. The van der Waals surface area contributed by atoms with Crippen LogP contribution in [0.3, 0.4) is 0 Å². The van der Waals surface area contributed by atoms with Crippen LogP contribution >= 0.6 is 0 Å². The monoisotopic (exact) mass is 350 g/mol. The van der Waals surface area contributed by atoms with Gasteiger partial charge in [-0.25, -0.2) is 13.6 Å². The lowest BCUT2D eigenvalue weighted by molar-refractivity contribution is -0.117. The molecule has 24 heavy (non-hydrogen) atoms. The van der Waals surface area contributed by atoms with E-state index in [-0.39, 0.29) is 36.6 Å². The third kappa shape index (κ3) is 3.46. The molecule has 0 radical (unpaired) electrons. The summed E-state index contributed by atoms with van der Waals surface area (Å²) in [6.45, 7) is 4.13. The predicted octanol–water partition coefficient (Wildman–Crippen LogP) is 0.995. The lowest BCUT2D eigenvalue weighted by atomic mass is 10.1. The molecule has 0 aliphatic carbocycles. The maximum absolute atomic E-state index is 12.1.